The molecule has 0 radical (unpaired) electrons. The van der Waals surface area contributed by atoms with Crippen molar-refractivity contribution in [1.82, 2.24) is 0 Å². The third kappa shape index (κ3) is 5.24. The Labute approximate surface area is 182 Å². The zero-order valence-electron chi connectivity index (χ0n) is 17.1. The van der Waals surface area contributed by atoms with Crippen LogP contribution in [0.3, 0.4) is 0 Å². The van der Waals surface area contributed by atoms with Gasteiger partial charge in [0.1, 0.15) is 19.3 Å². The zero-order chi connectivity index (χ0) is 21.5. The highest BCUT2D eigenvalue weighted by Gasteiger charge is 2.20. The van der Waals surface area contributed by atoms with E-state index in [9.17, 15) is 5.11 Å². The van der Waals surface area contributed by atoms with Crippen molar-refractivity contribution in [3.8, 4) is 11.5 Å². The highest BCUT2D eigenvalue weighted by atomic mass is 16.5. The van der Waals surface area contributed by atoms with E-state index in [2.05, 4.69) is 0 Å². The van der Waals surface area contributed by atoms with Crippen LogP contribution in [0.2, 0.25) is 0 Å². The topological polar surface area (TPSA) is 64.7 Å². The van der Waals surface area contributed by atoms with Gasteiger partial charge in [0.15, 0.2) is 11.5 Å². The summed E-state index contributed by atoms with van der Waals surface area (Å²) in [6.45, 7) is 0.767. The predicted octanol–water partition coefficient (Wildman–Crippen LogP) is 5.51. The summed E-state index contributed by atoms with van der Waals surface area (Å²) in [4.78, 5) is 0. The molecule has 0 saturated heterocycles. The number of nitrogens with two attached hydrogens (primary N) is 1. The van der Waals surface area contributed by atoms with Gasteiger partial charge in [0, 0.05) is 11.3 Å². The van der Waals surface area contributed by atoms with Crippen molar-refractivity contribution in [1.29, 1.82) is 0 Å². The summed E-state index contributed by atoms with van der Waals surface area (Å²) in [7, 11) is 0. The Kier molecular flexibility index (Phi) is 6.50. The Morgan fingerprint density at radius 2 is 1.29 bits per heavy atom. The van der Waals surface area contributed by atoms with Crippen LogP contribution in [0.4, 0.5) is 5.69 Å². The highest BCUT2D eigenvalue weighted by Crippen LogP contribution is 2.38. The molecule has 0 saturated carbocycles. The number of rotatable bonds is 8. The van der Waals surface area contributed by atoms with Crippen molar-refractivity contribution in [2.45, 2.75) is 19.3 Å². The lowest BCUT2D eigenvalue weighted by atomic mass is 9.99. The van der Waals surface area contributed by atoms with Crippen LogP contribution >= 0.6 is 0 Å². The average molecular weight is 412 g/mol. The fourth-order valence-electron chi connectivity index (χ4n) is 3.39. The molecule has 156 valence electrons. The highest BCUT2D eigenvalue weighted by molar-refractivity contribution is 5.52. The lowest BCUT2D eigenvalue weighted by Gasteiger charge is -2.20. The van der Waals surface area contributed by atoms with E-state index >= 15 is 0 Å². The lowest BCUT2D eigenvalue weighted by Crippen LogP contribution is -2.07. The molecule has 0 aliphatic heterocycles. The molecular weight excluding hydrogens is 386 g/mol. The van der Waals surface area contributed by atoms with Gasteiger partial charge in [-0.25, -0.2) is 0 Å². The fraction of sp³-hybridized carbons (Fsp3) is 0.111. The van der Waals surface area contributed by atoms with Crippen LogP contribution in [-0.2, 0) is 13.2 Å². The molecule has 0 spiro atoms. The van der Waals surface area contributed by atoms with Crippen molar-refractivity contribution in [3.05, 3.63) is 125 Å². The third-order valence-electron chi connectivity index (χ3n) is 4.99. The number of hydrogen-bond donors (Lipinski definition) is 2. The number of nitrogen functional groups attached to an aromatic ring is 1. The Balaban J connectivity index is 1.65. The van der Waals surface area contributed by atoms with Crippen molar-refractivity contribution < 1.29 is 14.6 Å². The number of para-hydroxylation sites is 1. The Morgan fingerprint density at radius 1 is 0.677 bits per heavy atom. The maximum absolute atomic E-state index is 11.1. The summed E-state index contributed by atoms with van der Waals surface area (Å²) in [5.74, 6) is 1.11. The first kappa shape index (κ1) is 20.5. The number of benzene rings is 4. The van der Waals surface area contributed by atoms with Gasteiger partial charge in [0.2, 0.25) is 0 Å². The summed E-state index contributed by atoms with van der Waals surface area (Å²) >= 11 is 0. The first-order valence-electron chi connectivity index (χ1n) is 10.2. The van der Waals surface area contributed by atoms with Gasteiger partial charge in [-0.2, -0.15) is 0 Å². The van der Waals surface area contributed by atoms with E-state index in [1.807, 2.05) is 91.0 Å². The zero-order valence-corrected chi connectivity index (χ0v) is 17.1. The molecule has 4 aromatic rings. The molecule has 0 aliphatic rings. The van der Waals surface area contributed by atoms with Crippen molar-refractivity contribution in [2.24, 2.45) is 0 Å². The molecular formula is C27H25NO3. The summed E-state index contributed by atoms with van der Waals surface area (Å²) in [6.07, 6.45) is -0.894. The van der Waals surface area contributed by atoms with Gasteiger partial charge in [-0.05, 0) is 34.9 Å². The number of ether oxygens (including phenoxy) is 2. The van der Waals surface area contributed by atoms with E-state index in [1.165, 1.54) is 0 Å². The molecule has 4 heteroatoms. The van der Waals surface area contributed by atoms with Gasteiger partial charge in [0.05, 0.1) is 0 Å². The summed E-state index contributed by atoms with van der Waals surface area (Å²) in [5, 5.41) is 11.1. The Bertz CT molecular complexity index is 1110. The Hall–Kier alpha value is -3.76. The van der Waals surface area contributed by atoms with Crippen LogP contribution in [0.5, 0.6) is 11.5 Å². The minimum atomic E-state index is -0.894. The smallest absolute Gasteiger partial charge is 0.167 e. The van der Waals surface area contributed by atoms with Crippen LogP contribution in [0.15, 0.2) is 103 Å². The maximum Gasteiger partial charge on any atom is 0.167 e. The monoisotopic (exact) mass is 411 g/mol. The van der Waals surface area contributed by atoms with Crippen LogP contribution in [-0.4, -0.2) is 5.11 Å². The molecule has 1 unspecified atom stereocenters. The molecule has 4 nitrogen and oxygen atoms in total. The van der Waals surface area contributed by atoms with Crippen LogP contribution in [0, 0.1) is 0 Å². The lowest BCUT2D eigenvalue weighted by molar-refractivity contribution is 0.202. The van der Waals surface area contributed by atoms with E-state index in [-0.39, 0.29) is 0 Å². The molecule has 0 bridgehead atoms. The molecule has 4 rings (SSSR count). The molecule has 3 N–H and O–H groups in total. The third-order valence-corrected chi connectivity index (χ3v) is 4.99. The molecule has 0 aromatic heterocycles. The number of anilines is 1. The predicted molar refractivity (Wildman–Crippen MR) is 123 cm³/mol. The van der Waals surface area contributed by atoms with Gasteiger partial charge in [0.25, 0.3) is 0 Å². The minimum absolute atomic E-state index is 0.364. The molecule has 0 fully saturated rings. The fourth-order valence-corrected chi connectivity index (χ4v) is 3.39. The number of aliphatic hydroxyl groups excluding tert-OH is 1. The second-order valence-corrected chi connectivity index (χ2v) is 7.30. The van der Waals surface area contributed by atoms with E-state index in [0.717, 1.165) is 11.1 Å². The largest absolute Gasteiger partial charge is 0.485 e. The second-order valence-electron chi connectivity index (χ2n) is 7.30. The summed E-state index contributed by atoms with van der Waals surface area (Å²) < 4.78 is 12.3. The van der Waals surface area contributed by atoms with E-state index in [1.54, 1.807) is 12.1 Å². The average Bonchev–Trinajstić information content (AvgIpc) is 2.82. The van der Waals surface area contributed by atoms with Gasteiger partial charge in [-0.15, -0.1) is 0 Å². The molecule has 0 heterocycles. The molecule has 4 aromatic carbocycles. The van der Waals surface area contributed by atoms with Gasteiger partial charge in [-0.1, -0.05) is 84.9 Å². The van der Waals surface area contributed by atoms with Crippen LogP contribution in [0.25, 0.3) is 0 Å². The number of hydrogen-bond acceptors (Lipinski definition) is 4. The van der Waals surface area contributed by atoms with Crippen molar-refractivity contribution in [3.63, 3.8) is 0 Å². The quantitative estimate of drug-likeness (QED) is 0.375. The Morgan fingerprint density at radius 3 is 1.94 bits per heavy atom. The van der Waals surface area contributed by atoms with E-state index < -0.39 is 6.10 Å². The van der Waals surface area contributed by atoms with Crippen molar-refractivity contribution in [2.75, 3.05) is 5.73 Å². The minimum Gasteiger partial charge on any atom is -0.485 e. The van der Waals surface area contributed by atoms with Gasteiger partial charge in [-0.3, -0.25) is 0 Å². The van der Waals surface area contributed by atoms with E-state index in [4.69, 9.17) is 15.2 Å². The summed E-state index contributed by atoms with van der Waals surface area (Å²) in [5.41, 5.74) is 9.94. The maximum atomic E-state index is 11.1. The number of aliphatic hydroxyl groups is 1. The molecule has 0 amide bonds. The van der Waals surface area contributed by atoms with Gasteiger partial charge < -0.3 is 20.3 Å². The van der Waals surface area contributed by atoms with Crippen LogP contribution < -0.4 is 15.2 Å². The second kappa shape index (κ2) is 9.83. The standard InChI is InChI=1S/C27H25NO3/c28-23-14-7-13-22(17-23)26(29)24-15-8-16-25(30-18-20-9-3-1-4-10-20)27(24)31-19-21-11-5-2-6-12-21/h1-17,26,29H,18-19,28H2. The first-order chi connectivity index (χ1) is 15.2. The molecule has 0 aliphatic carbocycles. The van der Waals surface area contributed by atoms with E-state index in [0.29, 0.717) is 41.5 Å². The van der Waals surface area contributed by atoms with Crippen LogP contribution in [0.1, 0.15) is 28.4 Å². The molecule has 1 atom stereocenters. The van der Waals surface area contributed by atoms with Crippen molar-refractivity contribution >= 4 is 5.69 Å². The molecule has 31 heavy (non-hydrogen) atoms. The normalized spacial score (nSPS) is 11.6. The summed E-state index contributed by atoms with van der Waals surface area (Å²) in [6, 6.07) is 32.7. The first-order valence-corrected chi connectivity index (χ1v) is 10.2. The SMILES string of the molecule is Nc1cccc(C(O)c2cccc(OCc3ccccc3)c2OCc2ccccc2)c1. The van der Waals surface area contributed by atoms with Gasteiger partial charge >= 0.3 is 0 Å².